The zero-order valence-corrected chi connectivity index (χ0v) is 20.9. The predicted octanol–water partition coefficient (Wildman–Crippen LogP) is 3.41. The van der Waals surface area contributed by atoms with Gasteiger partial charge in [-0.3, -0.25) is 4.98 Å². The summed E-state index contributed by atoms with van der Waals surface area (Å²) in [5.74, 6) is 1.99. The van der Waals surface area contributed by atoms with Gasteiger partial charge in [0, 0.05) is 29.9 Å². The molecule has 3 aromatic rings. The van der Waals surface area contributed by atoms with Gasteiger partial charge in [-0.25, -0.2) is 13.6 Å². The number of nitrogens with two attached hydrogens (primary N) is 1. The average Bonchev–Trinajstić information content (AvgIpc) is 3.57. The number of primary sulfonamides is 1. The quantitative estimate of drug-likeness (QED) is 0.456. The number of tetrazole rings is 1. The van der Waals surface area contributed by atoms with Gasteiger partial charge in [-0.2, -0.15) is 5.21 Å². The van der Waals surface area contributed by atoms with Gasteiger partial charge in [-0.05, 0) is 60.0 Å². The Balaban J connectivity index is 1.54. The van der Waals surface area contributed by atoms with Crippen molar-refractivity contribution in [3.63, 3.8) is 0 Å². The Kier molecular flexibility index (Phi) is 6.95. The second kappa shape index (κ2) is 10.1. The highest BCUT2D eigenvalue weighted by Crippen LogP contribution is 2.39. The highest BCUT2D eigenvalue weighted by molar-refractivity contribution is 7.89. The summed E-state index contributed by atoms with van der Waals surface area (Å²) >= 11 is 0. The number of aromatic amines is 1. The third-order valence-electron chi connectivity index (χ3n) is 7.63. The van der Waals surface area contributed by atoms with Gasteiger partial charge in [0.05, 0.1) is 10.5 Å². The summed E-state index contributed by atoms with van der Waals surface area (Å²) < 4.78 is 25.9. The van der Waals surface area contributed by atoms with Crippen LogP contribution in [0.1, 0.15) is 62.6 Å². The van der Waals surface area contributed by atoms with Crippen molar-refractivity contribution in [3.8, 4) is 22.5 Å². The molecule has 1 saturated heterocycles. The molecule has 1 atom stereocenters. The van der Waals surface area contributed by atoms with Gasteiger partial charge in [-0.1, -0.05) is 50.8 Å². The number of pyridine rings is 1. The Labute approximate surface area is 206 Å². The SMILES string of the molecule is CC1CCC(CCc2ccc(-c3ccc(C4CCNC4)nc3)c(-c3nn[nH]n3)c2S(N)(=O)=O)CC1. The van der Waals surface area contributed by atoms with Gasteiger partial charge in [0.2, 0.25) is 15.8 Å². The van der Waals surface area contributed by atoms with Crippen LogP contribution in [0, 0.1) is 11.8 Å². The Morgan fingerprint density at radius 1 is 1.09 bits per heavy atom. The fraction of sp³-hybridized carbons (Fsp3) is 0.520. The van der Waals surface area contributed by atoms with E-state index in [9.17, 15) is 8.42 Å². The van der Waals surface area contributed by atoms with Gasteiger partial charge in [-0.15, -0.1) is 10.2 Å². The number of sulfonamides is 1. The maximum absolute atomic E-state index is 12.9. The van der Waals surface area contributed by atoms with Crippen LogP contribution in [0.2, 0.25) is 0 Å². The number of benzene rings is 1. The molecular weight excluding hydrogens is 462 g/mol. The van der Waals surface area contributed by atoms with E-state index >= 15 is 0 Å². The number of hydrogen-bond acceptors (Lipinski definition) is 7. The van der Waals surface area contributed by atoms with Crippen molar-refractivity contribution in [2.45, 2.75) is 62.7 Å². The molecule has 35 heavy (non-hydrogen) atoms. The Morgan fingerprint density at radius 2 is 1.91 bits per heavy atom. The second-order valence-corrected chi connectivity index (χ2v) is 11.6. The van der Waals surface area contributed by atoms with Crippen LogP contribution in [0.25, 0.3) is 22.5 Å². The standard InChI is InChI=1S/C25H33N7O2S/c1-16-2-4-17(5-3-16)6-7-18-8-10-21(19-9-11-22(28-15-19)20-12-13-27-14-20)23(24(18)35(26,33)34)25-29-31-32-30-25/h8-11,15-17,20,27H,2-7,12-14H2,1H3,(H2,26,33,34)(H,29,30,31,32). The van der Waals surface area contributed by atoms with E-state index in [0.717, 1.165) is 43.1 Å². The number of aromatic nitrogens is 5. The zero-order valence-electron chi connectivity index (χ0n) is 20.1. The lowest BCUT2D eigenvalue weighted by atomic mass is 9.80. The first-order chi connectivity index (χ1) is 16.9. The first-order valence-corrected chi connectivity index (χ1v) is 14.0. The molecule has 9 nitrogen and oxygen atoms in total. The summed E-state index contributed by atoms with van der Waals surface area (Å²) in [5, 5.41) is 23.6. The van der Waals surface area contributed by atoms with E-state index < -0.39 is 10.0 Å². The van der Waals surface area contributed by atoms with Crippen LogP contribution >= 0.6 is 0 Å². The molecule has 186 valence electrons. The van der Waals surface area contributed by atoms with Crippen LogP contribution in [0.3, 0.4) is 0 Å². The van der Waals surface area contributed by atoms with E-state index in [-0.39, 0.29) is 10.7 Å². The second-order valence-electron chi connectivity index (χ2n) is 10.1. The van der Waals surface area contributed by atoms with Crippen molar-refractivity contribution in [3.05, 3.63) is 41.7 Å². The van der Waals surface area contributed by atoms with E-state index in [1.165, 1.54) is 25.7 Å². The summed E-state index contributed by atoms with van der Waals surface area (Å²) in [4.78, 5) is 4.78. The minimum atomic E-state index is -4.05. The highest BCUT2D eigenvalue weighted by Gasteiger charge is 2.28. The van der Waals surface area contributed by atoms with Gasteiger partial charge in [0.25, 0.3) is 0 Å². The van der Waals surface area contributed by atoms with E-state index in [2.05, 4.69) is 32.9 Å². The molecule has 2 aliphatic rings. The molecule has 0 amide bonds. The molecule has 3 heterocycles. The van der Waals surface area contributed by atoms with Crippen molar-refractivity contribution in [2.75, 3.05) is 13.1 Å². The molecule has 1 saturated carbocycles. The zero-order chi connectivity index (χ0) is 24.4. The lowest BCUT2D eigenvalue weighted by Gasteiger charge is -2.26. The largest absolute Gasteiger partial charge is 0.316 e. The molecule has 4 N–H and O–H groups in total. The van der Waals surface area contributed by atoms with E-state index in [1.807, 2.05) is 24.3 Å². The van der Waals surface area contributed by atoms with Crippen LogP contribution in [0.5, 0.6) is 0 Å². The Hall–Kier alpha value is -2.69. The van der Waals surface area contributed by atoms with Crippen molar-refractivity contribution in [1.82, 2.24) is 30.9 Å². The summed E-state index contributed by atoms with van der Waals surface area (Å²) in [7, 11) is -4.05. The number of hydrogen-bond donors (Lipinski definition) is 3. The lowest BCUT2D eigenvalue weighted by Crippen LogP contribution is -2.18. The van der Waals surface area contributed by atoms with E-state index in [0.29, 0.717) is 34.9 Å². The minimum absolute atomic E-state index is 0.0876. The van der Waals surface area contributed by atoms with Crippen LogP contribution < -0.4 is 10.5 Å². The molecule has 2 aromatic heterocycles. The third-order valence-corrected chi connectivity index (χ3v) is 8.66. The normalized spacial score (nSPS) is 23.0. The smallest absolute Gasteiger partial charge is 0.239 e. The molecule has 0 radical (unpaired) electrons. The highest BCUT2D eigenvalue weighted by atomic mass is 32.2. The number of nitrogens with zero attached hydrogens (tertiary/aromatic N) is 4. The predicted molar refractivity (Wildman–Crippen MR) is 134 cm³/mol. The van der Waals surface area contributed by atoms with Crippen molar-refractivity contribution < 1.29 is 8.42 Å². The van der Waals surface area contributed by atoms with Crippen LogP contribution in [0.15, 0.2) is 35.4 Å². The van der Waals surface area contributed by atoms with Crippen LogP contribution in [-0.2, 0) is 16.4 Å². The van der Waals surface area contributed by atoms with Gasteiger partial charge < -0.3 is 5.32 Å². The summed E-state index contributed by atoms with van der Waals surface area (Å²) in [5.41, 5.74) is 3.58. The topological polar surface area (TPSA) is 140 Å². The fourth-order valence-corrected chi connectivity index (χ4v) is 6.59. The molecule has 10 heteroatoms. The van der Waals surface area contributed by atoms with Gasteiger partial charge >= 0.3 is 0 Å². The molecule has 1 aromatic carbocycles. The third kappa shape index (κ3) is 5.29. The molecule has 1 aliphatic heterocycles. The number of H-pyrrole nitrogens is 1. The van der Waals surface area contributed by atoms with Crippen molar-refractivity contribution in [1.29, 1.82) is 0 Å². The van der Waals surface area contributed by atoms with E-state index in [1.54, 1.807) is 6.20 Å². The monoisotopic (exact) mass is 495 g/mol. The summed E-state index contributed by atoms with van der Waals surface area (Å²) in [6.07, 6.45) is 9.28. The Morgan fingerprint density at radius 3 is 2.54 bits per heavy atom. The molecule has 5 rings (SSSR count). The number of nitrogens with one attached hydrogen (secondary N) is 2. The molecular formula is C25H33N7O2S. The average molecular weight is 496 g/mol. The number of aryl methyl sites for hydroxylation is 1. The summed E-state index contributed by atoms with van der Waals surface area (Å²) in [6, 6.07) is 7.82. The Bertz CT molecular complexity index is 1250. The molecule has 1 aliphatic carbocycles. The maximum Gasteiger partial charge on any atom is 0.239 e. The first-order valence-electron chi connectivity index (χ1n) is 12.5. The van der Waals surface area contributed by atoms with Gasteiger partial charge in [0.1, 0.15) is 0 Å². The van der Waals surface area contributed by atoms with Crippen LogP contribution in [-0.4, -0.2) is 47.1 Å². The maximum atomic E-state index is 12.9. The lowest BCUT2D eigenvalue weighted by molar-refractivity contribution is 0.277. The molecule has 0 spiro atoms. The van der Waals surface area contributed by atoms with Gasteiger partial charge in [0.15, 0.2) is 0 Å². The summed E-state index contributed by atoms with van der Waals surface area (Å²) in [6.45, 7) is 4.22. The molecule has 1 unspecified atom stereocenters. The van der Waals surface area contributed by atoms with Crippen molar-refractivity contribution in [2.24, 2.45) is 17.0 Å². The first kappa shape index (κ1) is 24.0. The van der Waals surface area contributed by atoms with Crippen LogP contribution in [0.4, 0.5) is 0 Å². The number of rotatable bonds is 7. The molecule has 0 bridgehead atoms. The minimum Gasteiger partial charge on any atom is -0.316 e. The molecule has 2 fully saturated rings. The fourth-order valence-electron chi connectivity index (χ4n) is 5.57. The van der Waals surface area contributed by atoms with Crippen molar-refractivity contribution >= 4 is 10.0 Å². The van der Waals surface area contributed by atoms with E-state index in [4.69, 9.17) is 10.1 Å².